The molecule has 2 aromatic carbocycles. The van der Waals surface area contributed by atoms with Crippen molar-refractivity contribution in [3.8, 4) is 22.4 Å². The number of ether oxygens (including phenoxy) is 1. The number of rotatable bonds is 5. The second-order valence-electron chi connectivity index (χ2n) is 5.33. The minimum absolute atomic E-state index is 0.316. The Bertz CT molecular complexity index is 868. The molecule has 5 heteroatoms. The number of alkyl halides is 1. The van der Waals surface area contributed by atoms with Crippen molar-refractivity contribution >= 4 is 28.6 Å². The molecule has 0 radical (unpaired) electrons. The van der Waals surface area contributed by atoms with Gasteiger partial charge < -0.3 is 4.74 Å². The maximum Gasteiger partial charge on any atom is 0.340 e. The van der Waals surface area contributed by atoms with Crippen LogP contribution >= 0.6 is 22.6 Å². The second-order valence-corrected chi connectivity index (χ2v) is 6.09. The minimum atomic E-state index is -0.361. The van der Waals surface area contributed by atoms with Gasteiger partial charge in [-0.05, 0) is 12.5 Å². The lowest BCUT2D eigenvalue weighted by atomic mass is 9.94. The van der Waals surface area contributed by atoms with Crippen molar-refractivity contribution in [3.63, 3.8) is 0 Å². The summed E-state index contributed by atoms with van der Waals surface area (Å²) in [5.74, 6) is -0.361. The van der Waals surface area contributed by atoms with E-state index in [9.17, 15) is 4.79 Å². The molecule has 126 valence electrons. The Hall–Kier alpha value is -2.28. The van der Waals surface area contributed by atoms with E-state index in [1.807, 2.05) is 60.7 Å². The number of benzene rings is 2. The zero-order valence-corrected chi connectivity index (χ0v) is 15.9. The minimum Gasteiger partial charge on any atom is -0.462 e. The normalized spacial score (nSPS) is 10.5. The number of hydrogen-bond acceptors (Lipinski definition) is 4. The van der Waals surface area contributed by atoms with E-state index < -0.39 is 0 Å². The first-order valence-corrected chi connectivity index (χ1v) is 9.52. The van der Waals surface area contributed by atoms with Crippen molar-refractivity contribution in [2.45, 2.75) is 11.4 Å². The van der Waals surface area contributed by atoms with Gasteiger partial charge in [-0.15, -0.1) is 5.10 Å². The predicted molar refractivity (Wildman–Crippen MR) is 107 cm³/mol. The van der Waals surface area contributed by atoms with Crippen molar-refractivity contribution in [1.29, 1.82) is 0 Å². The third kappa shape index (κ3) is 3.71. The predicted octanol–water partition coefficient (Wildman–Crippen LogP) is 4.92. The lowest BCUT2D eigenvalue weighted by Gasteiger charge is -2.15. The number of aromatic nitrogens is 2. The van der Waals surface area contributed by atoms with Gasteiger partial charge in [0, 0.05) is 15.6 Å². The van der Waals surface area contributed by atoms with Crippen LogP contribution in [0.3, 0.4) is 0 Å². The van der Waals surface area contributed by atoms with Crippen molar-refractivity contribution in [1.82, 2.24) is 10.2 Å². The van der Waals surface area contributed by atoms with E-state index in [4.69, 9.17) is 4.74 Å². The zero-order valence-electron chi connectivity index (χ0n) is 13.8. The molecule has 1 aromatic heterocycles. The number of carbonyl (C=O) groups excluding carboxylic acids is 1. The highest BCUT2D eigenvalue weighted by molar-refractivity contribution is 14.1. The molecular weight excluding hydrogens is 427 g/mol. The van der Waals surface area contributed by atoms with Gasteiger partial charge >= 0.3 is 5.97 Å². The lowest BCUT2D eigenvalue weighted by Crippen LogP contribution is -2.13. The van der Waals surface area contributed by atoms with Crippen LogP contribution in [0, 0.1) is 0 Å². The third-order valence-electron chi connectivity index (χ3n) is 3.76. The molecule has 0 aliphatic carbocycles. The van der Waals surface area contributed by atoms with Crippen LogP contribution in [0.4, 0.5) is 0 Å². The molecule has 0 fully saturated rings. The lowest BCUT2D eigenvalue weighted by molar-refractivity contribution is 0.0525. The Morgan fingerprint density at radius 2 is 1.56 bits per heavy atom. The van der Waals surface area contributed by atoms with Gasteiger partial charge in [0.2, 0.25) is 0 Å². The first-order valence-electron chi connectivity index (χ1n) is 7.99. The monoisotopic (exact) mass is 444 g/mol. The highest BCUT2D eigenvalue weighted by Crippen LogP contribution is 2.35. The van der Waals surface area contributed by atoms with E-state index in [0.29, 0.717) is 28.0 Å². The Morgan fingerprint density at radius 1 is 0.960 bits per heavy atom. The summed E-state index contributed by atoms with van der Waals surface area (Å²) in [6.07, 6.45) is 0. The molecule has 0 aliphatic heterocycles. The topological polar surface area (TPSA) is 52.1 Å². The standard InChI is InChI=1S/C20H17IN2O2/c1-2-25-20(24)18-16(13-21)22-23-19(15-11-7-4-8-12-15)17(18)14-9-5-3-6-10-14/h3-12H,2,13H2,1H3. The molecule has 0 spiro atoms. The van der Waals surface area contributed by atoms with Crippen LogP contribution in [0.25, 0.3) is 22.4 Å². The maximum absolute atomic E-state index is 12.7. The van der Waals surface area contributed by atoms with Crippen LogP contribution in [0.1, 0.15) is 23.0 Å². The van der Waals surface area contributed by atoms with Crippen LogP contribution in [-0.4, -0.2) is 22.8 Å². The summed E-state index contributed by atoms with van der Waals surface area (Å²) in [7, 11) is 0. The number of carbonyl (C=O) groups is 1. The second kappa shape index (κ2) is 8.20. The summed E-state index contributed by atoms with van der Waals surface area (Å²) in [4.78, 5) is 12.7. The summed E-state index contributed by atoms with van der Waals surface area (Å²) in [5, 5.41) is 8.74. The Morgan fingerprint density at radius 3 is 2.12 bits per heavy atom. The molecule has 0 atom stereocenters. The van der Waals surface area contributed by atoms with Gasteiger partial charge in [-0.25, -0.2) is 4.79 Å². The maximum atomic E-state index is 12.7. The smallest absolute Gasteiger partial charge is 0.340 e. The fourth-order valence-corrected chi connectivity index (χ4v) is 3.21. The van der Waals surface area contributed by atoms with Gasteiger partial charge in [0.05, 0.1) is 17.9 Å². The molecule has 4 nitrogen and oxygen atoms in total. The first kappa shape index (κ1) is 17.5. The van der Waals surface area contributed by atoms with Crippen LogP contribution in [0.2, 0.25) is 0 Å². The van der Waals surface area contributed by atoms with E-state index in [0.717, 1.165) is 16.7 Å². The van der Waals surface area contributed by atoms with Gasteiger partial charge in [0.25, 0.3) is 0 Å². The SMILES string of the molecule is CCOC(=O)c1c(CI)nnc(-c2ccccc2)c1-c1ccccc1. The first-order chi connectivity index (χ1) is 12.3. The molecule has 0 unspecified atom stereocenters. The quantitative estimate of drug-likeness (QED) is 0.319. The van der Waals surface area contributed by atoms with Gasteiger partial charge in [0.1, 0.15) is 5.69 Å². The summed E-state index contributed by atoms with van der Waals surface area (Å²) in [6, 6.07) is 19.6. The summed E-state index contributed by atoms with van der Waals surface area (Å²) >= 11 is 2.19. The molecule has 0 saturated heterocycles. The molecule has 3 rings (SSSR count). The largest absolute Gasteiger partial charge is 0.462 e. The number of nitrogens with zero attached hydrogens (tertiary/aromatic N) is 2. The number of hydrogen-bond donors (Lipinski definition) is 0. The van der Waals surface area contributed by atoms with Crippen molar-refractivity contribution < 1.29 is 9.53 Å². The summed E-state index contributed by atoms with van der Waals surface area (Å²) in [6.45, 7) is 2.12. The summed E-state index contributed by atoms with van der Waals surface area (Å²) in [5.41, 5.74) is 4.43. The molecule has 0 aliphatic rings. The molecule has 0 amide bonds. The molecule has 0 saturated carbocycles. The number of halogens is 1. The molecule has 0 bridgehead atoms. The highest BCUT2D eigenvalue weighted by atomic mass is 127. The molecular formula is C20H17IN2O2. The van der Waals surface area contributed by atoms with Crippen LogP contribution in [-0.2, 0) is 9.16 Å². The molecule has 25 heavy (non-hydrogen) atoms. The Balaban J connectivity index is 2.33. The van der Waals surface area contributed by atoms with Crippen molar-refractivity contribution in [2.24, 2.45) is 0 Å². The van der Waals surface area contributed by atoms with Gasteiger partial charge in [-0.2, -0.15) is 5.10 Å². The van der Waals surface area contributed by atoms with Gasteiger partial charge in [-0.3, -0.25) is 0 Å². The Labute approximate surface area is 160 Å². The fourth-order valence-electron chi connectivity index (χ4n) is 2.67. The van der Waals surface area contributed by atoms with Gasteiger partial charge in [-0.1, -0.05) is 83.3 Å². The molecule has 3 aromatic rings. The zero-order chi connectivity index (χ0) is 17.6. The molecule has 0 N–H and O–H groups in total. The van der Waals surface area contributed by atoms with Gasteiger partial charge in [0.15, 0.2) is 0 Å². The van der Waals surface area contributed by atoms with Crippen LogP contribution in [0.15, 0.2) is 60.7 Å². The Kier molecular flexibility index (Phi) is 5.75. The van der Waals surface area contributed by atoms with E-state index in [1.165, 1.54) is 0 Å². The fraction of sp³-hybridized carbons (Fsp3) is 0.150. The van der Waals surface area contributed by atoms with Crippen LogP contribution < -0.4 is 0 Å². The van der Waals surface area contributed by atoms with Crippen molar-refractivity contribution in [3.05, 3.63) is 71.9 Å². The van der Waals surface area contributed by atoms with E-state index >= 15 is 0 Å². The van der Waals surface area contributed by atoms with Crippen molar-refractivity contribution in [2.75, 3.05) is 6.61 Å². The molecule has 1 heterocycles. The van der Waals surface area contributed by atoms with Crippen LogP contribution in [0.5, 0.6) is 0 Å². The van der Waals surface area contributed by atoms with E-state index in [1.54, 1.807) is 6.92 Å². The van der Waals surface area contributed by atoms with E-state index in [-0.39, 0.29) is 5.97 Å². The third-order valence-corrected chi connectivity index (χ3v) is 4.48. The van der Waals surface area contributed by atoms with E-state index in [2.05, 4.69) is 32.8 Å². The highest BCUT2D eigenvalue weighted by Gasteiger charge is 2.24. The average molecular weight is 444 g/mol. The summed E-state index contributed by atoms with van der Waals surface area (Å²) < 4.78 is 5.89. The number of esters is 1. The average Bonchev–Trinajstić information content (AvgIpc) is 2.68.